The monoisotopic (exact) mass is 340 g/mol. The van der Waals surface area contributed by atoms with Crippen molar-refractivity contribution in [2.45, 2.75) is 60.0 Å². The Morgan fingerprint density at radius 3 is 2.08 bits per heavy atom. The first-order chi connectivity index (χ1) is 11.1. The average Bonchev–Trinajstić information content (AvgIpc) is 2.40. The molecule has 0 spiro atoms. The van der Waals surface area contributed by atoms with Crippen molar-refractivity contribution in [2.24, 2.45) is 5.73 Å². The number of carbonyl (C=O) groups is 1. The van der Waals surface area contributed by atoms with E-state index in [4.69, 9.17) is 10.5 Å². The van der Waals surface area contributed by atoms with E-state index in [0.29, 0.717) is 13.1 Å². The van der Waals surface area contributed by atoms with Crippen molar-refractivity contribution < 1.29 is 13.9 Å². The Morgan fingerprint density at radius 2 is 1.71 bits per heavy atom. The molecule has 0 aliphatic heterocycles. The van der Waals surface area contributed by atoms with Crippen LogP contribution in [-0.2, 0) is 4.74 Å². The van der Waals surface area contributed by atoms with Crippen LogP contribution in [0.5, 0.6) is 0 Å². The molecule has 24 heavy (non-hydrogen) atoms. The minimum atomic E-state index is -0.425. The summed E-state index contributed by atoms with van der Waals surface area (Å²) in [6.45, 7) is 13.4. The van der Waals surface area contributed by atoms with Gasteiger partial charge in [-0.25, -0.2) is 9.18 Å². The van der Waals surface area contributed by atoms with Crippen LogP contribution in [-0.4, -0.2) is 36.2 Å². The molecule has 1 rings (SSSR count). The first kappa shape index (κ1) is 22.4. The van der Waals surface area contributed by atoms with Crippen molar-refractivity contribution in [3.8, 4) is 0 Å². The molecule has 0 atom stereocenters. The number of nitrogens with two attached hydrogens (primary N) is 1. The third-order valence-electron chi connectivity index (χ3n) is 2.96. The molecular formula is C19H33FN2O2. The van der Waals surface area contributed by atoms with E-state index in [1.54, 1.807) is 4.90 Å². The summed E-state index contributed by atoms with van der Waals surface area (Å²) in [4.78, 5) is 13.4. The first-order valence-corrected chi connectivity index (χ1v) is 8.50. The van der Waals surface area contributed by atoms with Crippen molar-refractivity contribution >= 4 is 6.09 Å². The number of hydrogen-bond donors (Lipinski definition) is 1. The molecule has 0 bridgehead atoms. The van der Waals surface area contributed by atoms with Crippen molar-refractivity contribution in [2.75, 3.05) is 19.6 Å². The van der Waals surface area contributed by atoms with Crippen molar-refractivity contribution in [1.29, 1.82) is 0 Å². The number of nitrogens with zero attached hydrogens (tertiary/aromatic N) is 1. The van der Waals surface area contributed by atoms with E-state index in [9.17, 15) is 9.18 Å². The fourth-order valence-electron chi connectivity index (χ4n) is 2.09. The molecule has 5 heteroatoms. The predicted molar refractivity (Wildman–Crippen MR) is 97.6 cm³/mol. The number of amides is 1. The topological polar surface area (TPSA) is 55.6 Å². The Kier molecular flexibility index (Phi) is 10.3. The Labute approximate surface area is 146 Å². The number of hydrogen-bond acceptors (Lipinski definition) is 3. The second-order valence-electron chi connectivity index (χ2n) is 6.92. The number of carbonyl (C=O) groups excluding carboxylic acids is 1. The Bertz CT molecular complexity index is 448. The van der Waals surface area contributed by atoms with Gasteiger partial charge in [0.2, 0.25) is 0 Å². The van der Waals surface area contributed by atoms with Crippen LogP contribution >= 0.6 is 0 Å². The molecule has 0 radical (unpaired) electrons. The van der Waals surface area contributed by atoms with E-state index in [1.165, 1.54) is 12.1 Å². The quantitative estimate of drug-likeness (QED) is 0.863. The number of benzene rings is 1. The van der Waals surface area contributed by atoms with Crippen LogP contribution in [0.15, 0.2) is 18.2 Å². The Morgan fingerprint density at radius 1 is 1.17 bits per heavy atom. The average molecular weight is 340 g/mol. The highest BCUT2D eigenvalue weighted by atomic mass is 19.1. The third-order valence-corrected chi connectivity index (χ3v) is 2.96. The normalized spacial score (nSPS) is 10.7. The van der Waals surface area contributed by atoms with Gasteiger partial charge >= 0.3 is 6.09 Å². The van der Waals surface area contributed by atoms with Crippen molar-refractivity contribution in [3.05, 3.63) is 35.1 Å². The molecule has 1 amide bonds. The lowest BCUT2D eigenvalue weighted by Gasteiger charge is -2.27. The molecule has 0 aliphatic rings. The standard InChI is InChI=1S/C11H24N2O2.C8H9F/c1-5-8-13(9-6-7-12)10(14)15-11(2,3)4;1-6-3-7(2)5-8(9)4-6/h5-9,12H2,1-4H3;3-5H,1-2H3. The fraction of sp³-hybridized carbons (Fsp3) is 0.632. The minimum absolute atomic E-state index is 0.146. The lowest BCUT2D eigenvalue weighted by molar-refractivity contribution is 0.0249. The summed E-state index contributed by atoms with van der Waals surface area (Å²) in [5.41, 5.74) is 6.96. The molecule has 138 valence electrons. The Balaban J connectivity index is 0.000000496. The van der Waals surface area contributed by atoms with Crippen LogP contribution < -0.4 is 5.73 Å². The maximum Gasteiger partial charge on any atom is 0.410 e. The van der Waals surface area contributed by atoms with Crippen molar-refractivity contribution in [3.63, 3.8) is 0 Å². The summed E-state index contributed by atoms with van der Waals surface area (Å²) in [6, 6.07) is 4.99. The predicted octanol–water partition coefficient (Wildman–Crippen LogP) is 4.42. The first-order valence-electron chi connectivity index (χ1n) is 8.50. The maximum absolute atomic E-state index is 12.4. The lowest BCUT2D eigenvalue weighted by Crippen LogP contribution is -2.38. The molecule has 0 heterocycles. The second-order valence-corrected chi connectivity index (χ2v) is 6.92. The van der Waals surface area contributed by atoms with Crippen LogP contribution in [0.3, 0.4) is 0 Å². The zero-order valence-electron chi connectivity index (χ0n) is 16.0. The van der Waals surface area contributed by atoms with E-state index < -0.39 is 5.60 Å². The van der Waals surface area contributed by atoms with Crippen LogP contribution in [0.25, 0.3) is 0 Å². The largest absolute Gasteiger partial charge is 0.444 e. The van der Waals surface area contributed by atoms with E-state index >= 15 is 0 Å². The van der Waals surface area contributed by atoms with E-state index in [2.05, 4.69) is 0 Å². The molecule has 2 N–H and O–H groups in total. The van der Waals surface area contributed by atoms with Gasteiger partial charge in [-0.2, -0.15) is 0 Å². The minimum Gasteiger partial charge on any atom is -0.444 e. The summed E-state index contributed by atoms with van der Waals surface area (Å²) in [5, 5.41) is 0. The molecule has 0 saturated heterocycles. The number of aryl methyl sites for hydroxylation is 2. The Hall–Kier alpha value is -1.62. The van der Waals surface area contributed by atoms with Gasteiger partial charge in [-0.1, -0.05) is 13.0 Å². The highest BCUT2D eigenvalue weighted by Gasteiger charge is 2.20. The van der Waals surface area contributed by atoms with Crippen LogP contribution in [0.4, 0.5) is 9.18 Å². The van der Waals surface area contributed by atoms with Crippen LogP contribution in [0.2, 0.25) is 0 Å². The summed E-state index contributed by atoms with van der Waals surface area (Å²) < 4.78 is 17.7. The van der Waals surface area contributed by atoms with E-state index in [-0.39, 0.29) is 11.9 Å². The second kappa shape index (κ2) is 11.0. The van der Waals surface area contributed by atoms with Gasteiger partial charge in [0, 0.05) is 13.1 Å². The van der Waals surface area contributed by atoms with Gasteiger partial charge in [0.1, 0.15) is 11.4 Å². The summed E-state index contributed by atoms with van der Waals surface area (Å²) in [7, 11) is 0. The number of ether oxygens (including phenoxy) is 1. The zero-order chi connectivity index (χ0) is 18.8. The van der Waals surface area contributed by atoms with Gasteiger partial charge in [0.25, 0.3) is 0 Å². The molecule has 1 aromatic rings. The van der Waals surface area contributed by atoms with Gasteiger partial charge in [-0.15, -0.1) is 0 Å². The maximum atomic E-state index is 12.4. The smallest absolute Gasteiger partial charge is 0.410 e. The molecular weight excluding hydrogens is 307 g/mol. The van der Waals surface area contributed by atoms with Gasteiger partial charge in [-0.05, 0) is 77.3 Å². The highest BCUT2D eigenvalue weighted by Crippen LogP contribution is 2.10. The molecule has 1 aromatic carbocycles. The SMILES string of the molecule is CCCN(CCCN)C(=O)OC(C)(C)C.Cc1cc(C)cc(F)c1. The summed E-state index contributed by atoms with van der Waals surface area (Å²) >= 11 is 0. The summed E-state index contributed by atoms with van der Waals surface area (Å²) in [5.74, 6) is -0.146. The molecule has 0 aliphatic carbocycles. The molecule has 0 aromatic heterocycles. The number of rotatable bonds is 5. The third kappa shape index (κ3) is 11.0. The molecule has 0 saturated carbocycles. The van der Waals surface area contributed by atoms with Crippen molar-refractivity contribution in [1.82, 2.24) is 4.90 Å². The molecule has 4 nitrogen and oxygen atoms in total. The summed E-state index contributed by atoms with van der Waals surface area (Å²) in [6.07, 6.45) is 1.51. The molecule has 0 unspecified atom stereocenters. The van der Waals surface area contributed by atoms with Crippen LogP contribution in [0.1, 0.15) is 51.7 Å². The van der Waals surface area contributed by atoms with E-state index in [0.717, 1.165) is 30.5 Å². The zero-order valence-corrected chi connectivity index (χ0v) is 16.0. The fourth-order valence-corrected chi connectivity index (χ4v) is 2.09. The van der Waals surface area contributed by atoms with Crippen LogP contribution in [0, 0.1) is 19.7 Å². The highest BCUT2D eigenvalue weighted by molar-refractivity contribution is 5.68. The van der Waals surface area contributed by atoms with Gasteiger partial charge in [-0.3, -0.25) is 0 Å². The molecule has 0 fully saturated rings. The van der Waals surface area contributed by atoms with E-state index in [1.807, 2.05) is 47.6 Å². The lowest BCUT2D eigenvalue weighted by atomic mass is 10.2. The van der Waals surface area contributed by atoms with Gasteiger partial charge < -0.3 is 15.4 Å². The number of halogens is 1. The van der Waals surface area contributed by atoms with Gasteiger partial charge in [0.15, 0.2) is 0 Å². The van der Waals surface area contributed by atoms with Gasteiger partial charge in [0.05, 0.1) is 0 Å².